The summed E-state index contributed by atoms with van der Waals surface area (Å²) < 4.78 is 6.98. The van der Waals surface area contributed by atoms with Crippen LogP contribution in [0.4, 0.5) is 0 Å². The molecule has 1 aromatic heterocycles. The molecule has 0 aliphatic rings. The van der Waals surface area contributed by atoms with Gasteiger partial charge in [-0.25, -0.2) is 0 Å². The van der Waals surface area contributed by atoms with Crippen molar-refractivity contribution in [3.05, 3.63) is 46.2 Å². The van der Waals surface area contributed by atoms with Crippen LogP contribution in [0.15, 0.2) is 45.9 Å². The maximum Gasteiger partial charge on any atom is 0.311 e. The highest BCUT2D eigenvalue weighted by Gasteiger charge is 2.12. The van der Waals surface area contributed by atoms with E-state index in [0.717, 1.165) is 21.9 Å². The van der Waals surface area contributed by atoms with E-state index in [1.54, 1.807) is 6.92 Å². The summed E-state index contributed by atoms with van der Waals surface area (Å²) in [6, 6.07) is 9.80. The van der Waals surface area contributed by atoms with Crippen LogP contribution in [0.1, 0.15) is 26.5 Å². The van der Waals surface area contributed by atoms with Crippen molar-refractivity contribution in [2.75, 3.05) is 6.61 Å². The van der Waals surface area contributed by atoms with E-state index in [1.807, 2.05) is 54.1 Å². The fourth-order valence-electron chi connectivity index (χ4n) is 1.89. The second-order valence-corrected chi connectivity index (χ2v) is 5.65. The first-order valence-corrected chi connectivity index (χ1v) is 7.95. The summed E-state index contributed by atoms with van der Waals surface area (Å²) >= 11 is 1.45. The number of esters is 1. The number of para-hydroxylation sites is 1. The number of ether oxygens (including phenoxy) is 1. The molecule has 0 atom stereocenters. The SMILES string of the molecule is CCOC(=O)Cc1csc(=NN=C(C)C)n1-c1ccccc1. The average Bonchev–Trinajstić information content (AvgIpc) is 2.89. The lowest BCUT2D eigenvalue weighted by Crippen LogP contribution is -2.18. The quantitative estimate of drug-likeness (QED) is 0.484. The first-order valence-electron chi connectivity index (χ1n) is 7.07. The van der Waals surface area contributed by atoms with Crippen LogP contribution >= 0.6 is 11.3 Å². The van der Waals surface area contributed by atoms with E-state index in [9.17, 15) is 4.79 Å². The molecule has 0 aliphatic heterocycles. The Labute approximate surface area is 133 Å². The third-order valence-corrected chi connectivity index (χ3v) is 3.62. The number of hydrogen-bond acceptors (Lipinski definition) is 5. The summed E-state index contributed by atoms with van der Waals surface area (Å²) in [5, 5.41) is 10.3. The Bertz CT molecular complexity index is 725. The Hall–Kier alpha value is -2.21. The van der Waals surface area contributed by atoms with E-state index in [2.05, 4.69) is 10.2 Å². The van der Waals surface area contributed by atoms with Gasteiger partial charge in [0.15, 0.2) is 0 Å². The molecular formula is C16H19N3O2S. The fourth-order valence-corrected chi connectivity index (χ4v) is 2.74. The summed E-state index contributed by atoms with van der Waals surface area (Å²) in [5.74, 6) is -0.244. The second-order valence-electron chi connectivity index (χ2n) is 4.81. The van der Waals surface area contributed by atoms with Crippen LogP contribution in [0.25, 0.3) is 5.69 Å². The van der Waals surface area contributed by atoms with Crippen LogP contribution < -0.4 is 4.80 Å². The molecule has 1 aromatic carbocycles. The molecule has 0 saturated carbocycles. The maximum absolute atomic E-state index is 11.8. The highest BCUT2D eigenvalue weighted by atomic mass is 32.1. The molecule has 0 unspecified atom stereocenters. The Morgan fingerprint density at radius 3 is 2.64 bits per heavy atom. The van der Waals surface area contributed by atoms with Crippen molar-refractivity contribution >= 4 is 23.0 Å². The van der Waals surface area contributed by atoms with Crippen molar-refractivity contribution in [1.29, 1.82) is 0 Å². The molecule has 6 heteroatoms. The third-order valence-electron chi connectivity index (χ3n) is 2.76. The van der Waals surface area contributed by atoms with Crippen molar-refractivity contribution in [2.24, 2.45) is 10.2 Å². The van der Waals surface area contributed by atoms with Gasteiger partial charge in [0.1, 0.15) is 0 Å². The van der Waals surface area contributed by atoms with Crippen LogP contribution in [0.3, 0.4) is 0 Å². The van der Waals surface area contributed by atoms with Gasteiger partial charge in [0.25, 0.3) is 0 Å². The fraction of sp³-hybridized carbons (Fsp3) is 0.312. The molecule has 5 nitrogen and oxygen atoms in total. The Morgan fingerprint density at radius 1 is 1.27 bits per heavy atom. The first-order chi connectivity index (χ1) is 10.6. The van der Waals surface area contributed by atoms with Crippen molar-refractivity contribution < 1.29 is 9.53 Å². The standard InChI is InChI=1S/C16H19N3O2S/c1-4-21-15(20)10-14-11-22-16(18-17-12(2)3)19(14)13-8-6-5-7-9-13/h5-9,11H,4,10H2,1-3H3. The van der Waals surface area contributed by atoms with Gasteiger partial charge in [-0.15, -0.1) is 16.4 Å². The maximum atomic E-state index is 11.8. The molecule has 0 fully saturated rings. The van der Waals surface area contributed by atoms with Crippen LogP contribution in [-0.4, -0.2) is 22.9 Å². The van der Waals surface area contributed by atoms with Crippen molar-refractivity contribution in [3.63, 3.8) is 0 Å². The summed E-state index contributed by atoms with van der Waals surface area (Å²) in [6.07, 6.45) is 0.212. The van der Waals surface area contributed by atoms with E-state index in [0.29, 0.717) is 6.61 Å². The molecule has 2 rings (SSSR count). The zero-order valence-corrected chi connectivity index (χ0v) is 13.8. The number of aromatic nitrogens is 1. The minimum absolute atomic E-state index is 0.212. The van der Waals surface area contributed by atoms with E-state index < -0.39 is 0 Å². The summed E-state index contributed by atoms with van der Waals surface area (Å²) in [6.45, 7) is 5.97. The number of benzene rings is 1. The Kier molecular flexibility index (Phi) is 5.66. The van der Waals surface area contributed by atoms with E-state index >= 15 is 0 Å². The van der Waals surface area contributed by atoms with Gasteiger partial charge < -0.3 is 4.74 Å². The summed E-state index contributed by atoms with van der Waals surface area (Å²) in [4.78, 5) is 12.5. The van der Waals surface area contributed by atoms with Crippen molar-refractivity contribution in [3.8, 4) is 5.69 Å². The number of nitrogens with zero attached hydrogens (tertiary/aromatic N) is 3. The van der Waals surface area contributed by atoms with Gasteiger partial charge >= 0.3 is 5.97 Å². The van der Waals surface area contributed by atoms with Crippen molar-refractivity contribution in [2.45, 2.75) is 27.2 Å². The molecule has 116 valence electrons. The zero-order valence-electron chi connectivity index (χ0n) is 12.9. The molecule has 2 aromatic rings. The zero-order chi connectivity index (χ0) is 15.9. The lowest BCUT2D eigenvalue weighted by Gasteiger charge is -2.08. The largest absolute Gasteiger partial charge is 0.466 e. The molecule has 0 saturated heterocycles. The molecule has 0 bridgehead atoms. The van der Waals surface area contributed by atoms with Gasteiger partial charge in [0, 0.05) is 22.5 Å². The smallest absolute Gasteiger partial charge is 0.311 e. The number of carbonyl (C=O) groups excluding carboxylic acids is 1. The Morgan fingerprint density at radius 2 is 2.00 bits per heavy atom. The van der Waals surface area contributed by atoms with Gasteiger partial charge in [0.2, 0.25) is 4.80 Å². The molecule has 0 N–H and O–H groups in total. The molecular weight excluding hydrogens is 298 g/mol. The monoisotopic (exact) mass is 317 g/mol. The van der Waals surface area contributed by atoms with Gasteiger partial charge in [-0.05, 0) is 32.9 Å². The molecule has 22 heavy (non-hydrogen) atoms. The van der Waals surface area contributed by atoms with Crippen LogP contribution in [-0.2, 0) is 16.0 Å². The predicted molar refractivity (Wildman–Crippen MR) is 88.3 cm³/mol. The van der Waals surface area contributed by atoms with Crippen LogP contribution in [0.5, 0.6) is 0 Å². The topological polar surface area (TPSA) is 55.9 Å². The third kappa shape index (κ3) is 4.14. The minimum Gasteiger partial charge on any atom is -0.466 e. The first kappa shape index (κ1) is 16.2. The van der Waals surface area contributed by atoms with E-state index in [-0.39, 0.29) is 12.4 Å². The number of hydrogen-bond donors (Lipinski definition) is 0. The van der Waals surface area contributed by atoms with Crippen molar-refractivity contribution in [1.82, 2.24) is 4.57 Å². The van der Waals surface area contributed by atoms with E-state index in [1.165, 1.54) is 11.3 Å². The molecule has 0 radical (unpaired) electrons. The Balaban J connectivity index is 2.49. The predicted octanol–water partition coefficient (Wildman–Crippen LogP) is 2.94. The number of carbonyl (C=O) groups is 1. The molecule has 0 spiro atoms. The van der Waals surface area contributed by atoms with Gasteiger partial charge in [-0.1, -0.05) is 18.2 Å². The second kappa shape index (κ2) is 7.70. The summed E-state index contributed by atoms with van der Waals surface area (Å²) in [7, 11) is 0. The highest BCUT2D eigenvalue weighted by molar-refractivity contribution is 7.07. The highest BCUT2D eigenvalue weighted by Crippen LogP contribution is 2.12. The normalized spacial score (nSPS) is 11.3. The van der Waals surface area contributed by atoms with Gasteiger partial charge in [-0.2, -0.15) is 5.10 Å². The number of rotatable bonds is 5. The molecule has 0 amide bonds. The lowest BCUT2D eigenvalue weighted by atomic mass is 10.3. The minimum atomic E-state index is -0.244. The van der Waals surface area contributed by atoms with Gasteiger partial charge in [0.05, 0.1) is 13.0 Å². The molecule has 0 aliphatic carbocycles. The lowest BCUT2D eigenvalue weighted by molar-refractivity contribution is -0.142. The van der Waals surface area contributed by atoms with Crippen LogP contribution in [0.2, 0.25) is 0 Å². The summed E-state index contributed by atoms with van der Waals surface area (Å²) in [5.41, 5.74) is 2.67. The van der Waals surface area contributed by atoms with E-state index in [4.69, 9.17) is 4.74 Å². The number of thiazole rings is 1. The van der Waals surface area contributed by atoms with Gasteiger partial charge in [-0.3, -0.25) is 9.36 Å². The molecule has 1 heterocycles. The van der Waals surface area contributed by atoms with Crippen LogP contribution in [0, 0.1) is 0 Å². The average molecular weight is 317 g/mol.